The Hall–Kier alpha value is -3.70. The number of fused-ring (bicyclic) bond motifs is 6. The fourth-order valence-electron chi connectivity index (χ4n) is 10.8. The van der Waals surface area contributed by atoms with E-state index in [2.05, 4.69) is 91.3 Å². The number of alkyl halides is 2. The van der Waals surface area contributed by atoms with E-state index in [0.717, 1.165) is 58.4 Å². The second kappa shape index (κ2) is 16.9. The van der Waals surface area contributed by atoms with Gasteiger partial charge in [-0.25, -0.2) is 0 Å². The normalized spacial score (nSPS) is 30.0. The van der Waals surface area contributed by atoms with E-state index in [0.29, 0.717) is 38.0 Å². The number of amides is 2. The van der Waals surface area contributed by atoms with E-state index in [1.54, 1.807) is 0 Å². The Morgan fingerprint density at radius 2 is 1.16 bits per heavy atom. The third kappa shape index (κ3) is 8.17. The largest absolute Gasteiger partial charge is 0.336 e. The number of hydrogen-bond acceptors (Lipinski definition) is 6. The van der Waals surface area contributed by atoms with Crippen LogP contribution < -0.4 is 11.1 Å². The molecule has 0 unspecified atom stereocenters. The molecular formula is C47H62F2N6O2. The molecule has 6 heterocycles. The van der Waals surface area contributed by atoms with Gasteiger partial charge >= 0.3 is 0 Å². The molecule has 8 atom stereocenters. The van der Waals surface area contributed by atoms with Crippen molar-refractivity contribution in [2.75, 3.05) is 52.6 Å². The van der Waals surface area contributed by atoms with E-state index in [-0.39, 0.29) is 47.8 Å². The predicted molar refractivity (Wildman–Crippen MR) is 221 cm³/mol. The Morgan fingerprint density at radius 3 is 1.68 bits per heavy atom. The van der Waals surface area contributed by atoms with Crippen LogP contribution in [0.2, 0.25) is 0 Å². The van der Waals surface area contributed by atoms with Crippen molar-refractivity contribution in [2.45, 2.75) is 109 Å². The molecule has 0 radical (unpaired) electrons. The zero-order chi connectivity index (χ0) is 40.0. The molecule has 6 aliphatic rings. The van der Waals surface area contributed by atoms with Gasteiger partial charge in [-0.2, -0.15) is 0 Å². The van der Waals surface area contributed by atoms with Gasteiger partial charge in [0.05, 0.1) is 25.4 Å². The molecule has 3 aromatic carbocycles. The number of benzene rings is 3. The first-order chi connectivity index (χ1) is 27.5. The number of halogens is 2. The predicted octanol–water partition coefficient (Wildman–Crippen LogP) is 6.07. The number of nitrogens with two attached hydrogens (primary N) is 1. The highest BCUT2D eigenvalue weighted by Gasteiger charge is 2.46. The molecule has 57 heavy (non-hydrogen) atoms. The molecule has 0 aromatic heterocycles. The highest BCUT2D eigenvalue weighted by atomic mass is 19.1. The molecule has 3 N–H and O–H groups in total. The quantitative estimate of drug-likeness (QED) is 0.303. The lowest BCUT2D eigenvalue weighted by Gasteiger charge is -2.50. The highest BCUT2D eigenvalue weighted by molar-refractivity contribution is 5.79. The van der Waals surface area contributed by atoms with Crippen LogP contribution in [0, 0.1) is 39.5 Å². The maximum atomic E-state index is 13.4. The monoisotopic (exact) mass is 780 g/mol. The van der Waals surface area contributed by atoms with Crippen LogP contribution in [0.15, 0.2) is 54.6 Å². The fourth-order valence-corrected chi connectivity index (χ4v) is 10.8. The minimum absolute atomic E-state index is 0.0217. The molecule has 0 bridgehead atoms. The van der Waals surface area contributed by atoms with Gasteiger partial charge in [-0.05, 0) is 103 Å². The SMILES string of the molecule is Cc1cc2c(cc1C)[C@@H]1C[C@H](N)[C@@H](N3C[C@@H](CF)CC3=O)CN1CC2.Cc1cc2c(cc1C)[C@@H]1C[C@H](NCc3ccccc3)[C@@H](N3C[C@@H](CF)CC3=O)CN1CC2. The molecule has 10 heteroatoms. The lowest BCUT2D eigenvalue weighted by molar-refractivity contribution is -0.132. The minimum atomic E-state index is -0.414. The van der Waals surface area contributed by atoms with Gasteiger partial charge in [0.1, 0.15) is 0 Å². The first kappa shape index (κ1) is 40.1. The molecule has 3 aromatic rings. The molecule has 0 saturated carbocycles. The Kier molecular flexibility index (Phi) is 11.9. The molecular weight excluding hydrogens is 719 g/mol. The molecule has 306 valence electrons. The van der Waals surface area contributed by atoms with Gasteiger partial charge in [0, 0.05) is 94.7 Å². The van der Waals surface area contributed by atoms with Crippen molar-refractivity contribution < 1.29 is 18.4 Å². The molecule has 4 fully saturated rings. The summed E-state index contributed by atoms with van der Waals surface area (Å²) < 4.78 is 26.4. The Labute approximate surface area is 338 Å². The molecule has 8 nitrogen and oxygen atoms in total. The van der Waals surface area contributed by atoms with Crippen LogP contribution in [0.5, 0.6) is 0 Å². The van der Waals surface area contributed by atoms with Crippen LogP contribution >= 0.6 is 0 Å². The summed E-state index contributed by atoms with van der Waals surface area (Å²) in [5.41, 5.74) is 19.0. The van der Waals surface area contributed by atoms with Gasteiger partial charge in [-0.15, -0.1) is 0 Å². The van der Waals surface area contributed by atoms with Crippen molar-refractivity contribution in [1.82, 2.24) is 24.9 Å². The summed E-state index contributed by atoms with van der Waals surface area (Å²) in [6.07, 6.45) is 4.63. The van der Waals surface area contributed by atoms with E-state index in [9.17, 15) is 18.4 Å². The zero-order valence-corrected chi connectivity index (χ0v) is 34.4. The van der Waals surface area contributed by atoms with Gasteiger partial charge in [-0.3, -0.25) is 28.2 Å². The summed E-state index contributed by atoms with van der Waals surface area (Å²) in [4.78, 5) is 34.0. The maximum absolute atomic E-state index is 13.4. The van der Waals surface area contributed by atoms with Crippen LogP contribution in [0.3, 0.4) is 0 Å². The van der Waals surface area contributed by atoms with Crippen LogP contribution in [0.1, 0.15) is 87.8 Å². The fraction of sp³-hybridized carbons (Fsp3) is 0.574. The molecule has 4 saturated heterocycles. The van der Waals surface area contributed by atoms with Gasteiger partial charge in [0.15, 0.2) is 0 Å². The Morgan fingerprint density at radius 1 is 0.667 bits per heavy atom. The van der Waals surface area contributed by atoms with Crippen molar-refractivity contribution in [3.63, 3.8) is 0 Å². The molecule has 0 aliphatic carbocycles. The molecule has 2 amide bonds. The summed E-state index contributed by atoms with van der Waals surface area (Å²) in [5.74, 6) is -0.107. The molecule has 6 aliphatic heterocycles. The topological polar surface area (TPSA) is 85.1 Å². The van der Waals surface area contributed by atoms with Gasteiger partial charge in [-0.1, -0.05) is 54.6 Å². The van der Waals surface area contributed by atoms with Crippen LogP contribution in [-0.2, 0) is 29.0 Å². The summed E-state index contributed by atoms with van der Waals surface area (Å²) in [6, 6.07) is 20.8. The van der Waals surface area contributed by atoms with Gasteiger partial charge in [0.2, 0.25) is 11.8 Å². The summed E-state index contributed by atoms with van der Waals surface area (Å²) >= 11 is 0. The standard InChI is InChI=1S/C27H34FN3O.C20H28FN3O/c1-18-10-22-8-9-30-17-26(31-16-21(14-28)12-27(31)32)24(13-25(30)23(22)11-19(18)2)29-15-20-6-4-3-5-7-20;1-12-5-15-3-4-23-11-19(24-10-14(9-21)7-20(24)25)17(22)8-18(23)16(15)6-13(12)2/h3-7,10-11,21,24-26,29H,8-9,12-17H2,1-2H3;5-6,14,17-19H,3-4,7-11,22H2,1-2H3/t21-,24+,25+,26+;14-,17+,18+,19+/m11/s1. The van der Waals surface area contributed by atoms with E-state index in [1.807, 2.05) is 15.9 Å². The maximum Gasteiger partial charge on any atom is 0.223 e. The number of likely N-dealkylation sites (tertiary alicyclic amines) is 2. The number of carbonyl (C=O) groups excluding carboxylic acids is 2. The van der Waals surface area contributed by atoms with E-state index in [4.69, 9.17) is 5.73 Å². The van der Waals surface area contributed by atoms with Crippen LogP contribution in [-0.4, -0.2) is 108 Å². The van der Waals surface area contributed by atoms with E-state index >= 15 is 0 Å². The van der Waals surface area contributed by atoms with E-state index in [1.165, 1.54) is 50.1 Å². The lowest BCUT2D eigenvalue weighted by atomic mass is 9.81. The highest BCUT2D eigenvalue weighted by Crippen LogP contribution is 2.41. The number of rotatable bonds is 7. The Balaban J connectivity index is 0.000000165. The second-order valence-corrected chi connectivity index (χ2v) is 18.1. The van der Waals surface area contributed by atoms with Crippen LogP contribution in [0.4, 0.5) is 8.78 Å². The number of carbonyl (C=O) groups is 2. The zero-order valence-electron chi connectivity index (χ0n) is 34.4. The third-order valence-electron chi connectivity index (χ3n) is 14.3. The van der Waals surface area contributed by atoms with Crippen molar-refractivity contribution in [2.24, 2.45) is 17.6 Å². The van der Waals surface area contributed by atoms with Crippen LogP contribution in [0.25, 0.3) is 0 Å². The first-order valence-electron chi connectivity index (χ1n) is 21.4. The average molecular weight is 781 g/mol. The number of nitrogens with zero attached hydrogens (tertiary/aromatic N) is 4. The number of hydrogen-bond donors (Lipinski definition) is 2. The van der Waals surface area contributed by atoms with Gasteiger partial charge < -0.3 is 20.9 Å². The summed E-state index contributed by atoms with van der Waals surface area (Å²) in [6.45, 7) is 13.5. The lowest BCUT2D eigenvalue weighted by Crippen LogP contribution is -2.61. The molecule has 0 spiro atoms. The average Bonchev–Trinajstić information content (AvgIpc) is 3.79. The first-order valence-corrected chi connectivity index (χ1v) is 21.4. The van der Waals surface area contributed by atoms with Crippen molar-refractivity contribution in [1.29, 1.82) is 0 Å². The smallest absolute Gasteiger partial charge is 0.223 e. The van der Waals surface area contributed by atoms with Crippen molar-refractivity contribution >= 4 is 11.8 Å². The summed E-state index contributed by atoms with van der Waals surface area (Å²) in [5, 5.41) is 3.79. The number of piperidine rings is 2. The minimum Gasteiger partial charge on any atom is -0.336 e. The van der Waals surface area contributed by atoms with Crippen molar-refractivity contribution in [3.8, 4) is 0 Å². The third-order valence-corrected chi connectivity index (χ3v) is 14.3. The summed E-state index contributed by atoms with van der Waals surface area (Å²) in [7, 11) is 0. The second-order valence-electron chi connectivity index (χ2n) is 18.1. The molecule has 9 rings (SSSR count). The Bertz CT molecular complexity index is 1940. The van der Waals surface area contributed by atoms with Gasteiger partial charge in [0.25, 0.3) is 0 Å². The number of nitrogens with one attached hydrogen (secondary N) is 1. The van der Waals surface area contributed by atoms with Crippen molar-refractivity contribution in [3.05, 3.63) is 105 Å². The van der Waals surface area contributed by atoms with E-state index < -0.39 is 13.3 Å². The number of aryl methyl sites for hydroxylation is 4.